The Labute approximate surface area is 156 Å². The van der Waals surface area contributed by atoms with Gasteiger partial charge in [0, 0.05) is 11.1 Å². The Hall–Kier alpha value is -2.86. The molecule has 1 aromatic heterocycles. The molecule has 0 aliphatic rings. The summed E-state index contributed by atoms with van der Waals surface area (Å²) >= 11 is 1.48. The molecule has 2 aromatic carbocycles. The third kappa shape index (κ3) is 5.07. The van der Waals surface area contributed by atoms with E-state index in [-0.39, 0.29) is 19.0 Å². The molecule has 0 saturated carbocycles. The number of nitrogens with zero attached hydrogens (tertiary/aromatic N) is 1. The van der Waals surface area contributed by atoms with Gasteiger partial charge < -0.3 is 14.8 Å². The number of anilines is 2. The van der Waals surface area contributed by atoms with Crippen LogP contribution in [0.4, 0.5) is 10.8 Å². The molecule has 1 N–H and O–H groups in total. The van der Waals surface area contributed by atoms with Crippen LogP contribution < -0.4 is 10.1 Å². The molecule has 0 radical (unpaired) electrons. The molecule has 0 atom stereocenters. The lowest BCUT2D eigenvalue weighted by atomic mass is 10.1. The molecule has 0 spiro atoms. The second-order valence-corrected chi connectivity index (χ2v) is 6.68. The molecule has 26 heavy (non-hydrogen) atoms. The van der Waals surface area contributed by atoms with Crippen molar-refractivity contribution < 1.29 is 14.3 Å². The molecule has 0 aliphatic carbocycles. The highest BCUT2D eigenvalue weighted by atomic mass is 32.1. The lowest BCUT2D eigenvalue weighted by Crippen LogP contribution is -2.08. The van der Waals surface area contributed by atoms with E-state index >= 15 is 0 Å². The smallest absolute Gasteiger partial charge is 0.310 e. The van der Waals surface area contributed by atoms with E-state index in [0.717, 1.165) is 27.8 Å². The first-order valence-corrected chi connectivity index (χ1v) is 9.07. The van der Waals surface area contributed by atoms with Crippen LogP contribution in [-0.2, 0) is 22.6 Å². The molecule has 0 unspecified atom stereocenters. The summed E-state index contributed by atoms with van der Waals surface area (Å²) in [5.41, 5.74) is 3.80. The van der Waals surface area contributed by atoms with Gasteiger partial charge in [0.1, 0.15) is 12.4 Å². The Morgan fingerprint density at radius 2 is 1.85 bits per heavy atom. The highest BCUT2D eigenvalue weighted by Gasteiger charge is 2.08. The van der Waals surface area contributed by atoms with Gasteiger partial charge >= 0.3 is 5.97 Å². The lowest BCUT2D eigenvalue weighted by Gasteiger charge is -2.05. The van der Waals surface area contributed by atoms with Crippen LogP contribution in [0.2, 0.25) is 0 Å². The van der Waals surface area contributed by atoms with E-state index in [1.54, 1.807) is 7.11 Å². The summed E-state index contributed by atoms with van der Waals surface area (Å²) in [4.78, 5) is 16.4. The first kappa shape index (κ1) is 17.9. The van der Waals surface area contributed by atoms with Gasteiger partial charge in [0.05, 0.1) is 19.2 Å². The minimum atomic E-state index is -0.281. The normalized spacial score (nSPS) is 10.4. The van der Waals surface area contributed by atoms with Crippen molar-refractivity contribution in [3.63, 3.8) is 0 Å². The molecular formula is C20H20N2O3S. The predicted molar refractivity (Wildman–Crippen MR) is 103 cm³/mol. The van der Waals surface area contributed by atoms with Gasteiger partial charge in [-0.1, -0.05) is 29.8 Å². The molecule has 0 amide bonds. The largest absolute Gasteiger partial charge is 0.497 e. The highest BCUT2D eigenvalue weighted by Crippen LogP contribution is 2.21. The number of carbonyl (C=O) groups excluding carboxylic acids is 1. The molecule has 0 fully saturated rings. The Morgan fingerprint density at radius 1 is 1.12 bits per heavy atom. The van der Waals surface area contributed by atoms with Gasteiger partial charge in [-0.2, -0.15) is 0 Å². The fraction of sp³-hybridized carbons (Fsp3) is 0.200. The van der Waals surface area contributed by atoms with E-state index in [2.05, 4.69) is 10.3 Å². The number of aryl methyl sites for hydroxylation is 1. The SMILES string of the molecule is COc1ccc(CC(=O)OCc2csc(Nc3ccc(C)cc3)n2)cc1. The molecule has 5 nitrogen and oxygen atoms in total. The van der Waals surface area contributed by atoms with Gasteiger partial charge in [-0.25, -0.2) is 4.98 Å². The van der Waals surface area contributed by atoms with E-state index in [1.165, 1.54) is 16.9 Å². The van der Waals surface area contributed by atoms with Crippen LogP contribution in [0.5, 0.6) is 5.75 Å². The minimum Gasteiger partial charge on any atom is -0.497 e. The highest BCUT2D eigenvalue weighted by molar-refractivity contribution is 7.13. The summed E-state index contributed by atoms with van der Waals surface area (Å²) in [5.74, 6) is 0.481. The summed E-state index contributed by atoms with van der Waals surface area (Å²) in [7, 11) is 1.61. The standard InChI is InChI=1S/C20H20N2O3S/c1-14-3-7-16(8-4-14)21-20-22-17(13-26-20)12-25-19(23)11-15-5-9-18(24-2)10-6-15/h3-10,13H,11-12H2,1-2H3,(H,21,22). The summed E-state index contributed by atoms with van der Waals surface area (Å²) in [6, 6.07) is 15.4. The van der Waals surface area contributed by atoms with Crippen molar-refractivity contribution >= 4 is 28.1 Å². The number of thiazole rings is 1. The van der Waals surface area contributed by atoms with Crippen molar-refractivity contribution in [2.75, 3.05) is 12.4 Å². The average Bonchev–Trinajstić information content (AvgIpc) is 3.10. The zero-order valence-corrected chi connectivity index (χ0v) is 15.5. The molecule has 0 bridgehead atoms. The average molecular weight is 368 g/mol. The summed E-state index contributed by atoms with van der Waals surface area (Å²) < 4.78 is 10.4. The third-order valence-electron chi connectivity index (χ3n) is 3.74. The number of ether oxygens (including phenoxy) is 2. The monoisotopic (exact) mass is 368 g/mol. The summed E-state index contributed by atoms with van der Waals surface area (Å²) in [6.45, 7) is 2.21. The van der Waals surface area contributed by atoms with Crippen molar-refractivity contribution in [3.8, 4) is 5.75 Å². The van der Waals surface area contributed by atoms with E-state index < -0.39 is 0 Å². The Kier molecular flexibility index (Phi) is 5.86. The number of hydrogen-bond acceptors (Lipinski definition) is 6. The topological polar surface area (TPSA) is 60.5 Å². The van der Waals surface area contributed by atoms with Gasteiger partial charge in [0.2, 0.25) is 0 Å². The molecule has 134 valence electrons. The molecule has 0 aliphatic heterocycles. The number of nitrogens with one attached hydrogen (secondary N) is 1. The molecule has 6 heteroatoms. The van der Waals surface area contributed by atoms with Crippen LogP contribution in [-0.4, -0.2) is 18.1 Å². The number of rotatable bonds is 7. The first-order chi connectivity index (χ1) is 12.6. The minimum absolute atomic E-state index is 0.168. The third-order valence-corrected chi connectivity index (χ3v) is 4.55. The van der Waals surface area contributed by atoms with Crippen molar-refractivity contribution in [3.05, 3.63) is 70.7 Å². The fourth-order valence-corrected chi connectivity index (χ4v) is 3.02. The van der Waals surface area contributed by atoms with E-state index in [4.69, 9.17) is 9.47 Å². The van der Waals surface area contributed by atoms with Gasteiger partial charge in [-0.3, -0.25) is 4.79 Å². The Balaban J connectivity index is 1.49. The second kappa shape index (κ2) is 8.49. The van der Waals surface area contributed by atoms with Crippen LogP contribution >= 0.6 is 11.3 Å². The lowest BCUT2D eigenvalue weighted by molar-refractivity contribution is -0.144. The summed E-state index contributed by atoms with van der Waals surface area (Å²) in [6.07, 6.45) is 0.225. The molecule has 0 saturated heterocycles. The molecule has 3 rings (SSSR count). The van der Waals surface area contributed by atoms with Crippen molar-refractivity contribution in [1.82, 2.24) is 4.98 Å². The first-order valence-electron chi connectivity index (χ1n) is 8.19. The zero-order valence-electron chi connectivity index (χ0n) is 14.7. The van der Waals surface area contributed by atoms with Crippen LogP contribution in [0.3, 0.4) is 0 Å². The maximum Gasteiger partial charge on any atom is 0.310 e. The number of methoxy groups -OCH3 is 1. The van der Waals surface area contributed by atoms with E-state index in [1.807, 2.05) is 60.8 Å². The maximum atomic E-state index is 12.0. The fourth-order valence-electron chi connectivity index (χ4n) is 2.31. The Bertz CT molecular complexity index is 858. The number of benzene rings is 2. The van der Waals surface area contributed by atoms with Crippen molar-refractivity contribution in [1.29, 1.82) is 0 Å². The van der Waals surface area contributed by atoms with Crippen molar-refractivity contribution in [2.45, 2.75) is 20.0 Å². The van der Waals surface area contributed by atoms with E-state index in [9.17, 15) is 4.79 Å². The summed E-state index contributed by atoms with van der Waals surface area (Å²) in [5, 5.41) is 5.90. The predicted octanol–water partition coefficient (Wildman–Crippen LogP) is 4.49. The second-order valence-electron chi connectivity index (χ2n) is 5.82. The maximum absolute atomic E-state index is 12.0. The quantitative estimate of drug-likeness (QED) is 0.623. The van der Waals surface area contributed by atoms with E-state index in [0.29, 0.717) is 0 Å². The number of esters is 1. The number of aromatic nitrogens is 1. The molecule has 3 aromatic rings. The van der Waals surface area contributed by atoms with Crippen LogP contribution in [0.25, 0.3) is 0 Å². The van der Waals surface area contributed by atoms with Gasteiger partial charge in [-0.15, -0.1) is 11.3 Å². The van der Waals surface area contributed by atoms with Crippen LogP contribution in [0, 0.1) is 6.92 Å². The number of hydrogen-bond donors (Lipinski definition) is 1. The van der Waals surface area contributed by atoms with Crippen molar-refractivity contribution in [2.24, 2.45) is 0 Å². The zero-order chi connectivity index (χ0) is 18.4. The number of carbonyl (C=O) groups is 1. The van der Waals surface area contributed by atoms with Gasteiger partial charge in [0.15, 0.2) is 5.13 Å². The Morgan fingerprint density at radius 3 is 2.54 bits per heavy atom. The van der Waals surface area contributed by atoms with Gasteiger partial charge in [0.25, 0.3) is 0 Å². The van der Waals surface area contributed by atoms with Crippen LogP contribution in [0.15, 0.2) is 53.9 Å². The molecule has 1 heterocycles. The van der Waals surface area contributed by atoms with Gasteiger partial charge in [-0.05, 0) is 36.8 Å². The molecular weight excluding hydrogens is 348 g/mol. The van der Waals surface area contributed by atoms with Crippen LogP contribution in [0.1, 0.15) is 16.8 Å².